The van der Waals surface area contributed by atoms with E-state index in [4.69, 9.17) is 4.74 Å². The Morgan fingerprint density at radius 1 is 1.15 bits per heavy atom. The predicted octanol–water partition coefficient (Wildman–Crippen LogP) is 5.25. The zero-order valence-electron chi connectivity index (χ0n) is 15.5. The van der Waals surface area contributed by atoms with E-state index in [1.807, 2.05) is 6.07 Å². The van der Waals surface area contributed by atoms with Crippen molar-refractivity contribution in [2.75, 3.05) is 13.7 Å². The molecule has 0 bridgehead atoms. The van der Waals surface area contributed by atoms with E-state index in [2.05, 4.69) is 0 Å². The van der Waals surface area contributed by atoms with E-state index in [9.17, 15) is 18.0 Å². The van der Waals surface area contributed by atoms with Crippen LogP contribution in [-0.4, -0.2) is 30.6 Å². The number of amides is 1. The maximum Gasteiger partial charge on any atom is 0.417 e. The molecule has 1 atom stereocenters. The third-order valence-corrected chi connectivity index (χ3v) is 4.33. The van der Waals surface area contributed by atoms with Gasteiger partial charge >= 0.3 is 6.18 Å². The molecule has 2 rings (SSSR count). The van der Waals surface area contributed by atoms with Gasteiger partial charge in [-0.25, -0.2) is 0 Å². The third kappa shape index (κ3) is 5.12. The molecule has 27 heavy (non-hydrogen) atoms. The second-order valence-electron chi connectivity index (χ2n) is 6.00. The number of methoxy groups -OCH3 is 1. The molecule has 1 unspecified atom stereocenters. The Labute approximate surface area is 157 Å². The van der Waals surface area contributed by atoms with Gasteiger partial charge in [-0.1, -0.05) is 42.5 Å². The maximum atomic E-state index is 13.5. The second-order valence-corrected chi connectivity index (χ2v) is 6.00. The van der Waals surface area contributed by atoms with Crippen LogP contribution in [0.15, 0.2) is 60.7 Å². The van der Waals surface area contributed by atoms with Crippen molar-refractivity contribution >= 4 is 11.5 Å². The van der Waals surface area contributed by atoms with Crippen LogP contribution in [0.4, 0.5) is 13.2 Å². The Morgan fingerprint density at radius 2 is 1.81 bits per heavy atom. The van der Waals surface area contributed by atoms with Gasteiger partial charge in [0.15, 0.2) is 0 Å². The quantitative estimate of drug-likeness (QED) is 0.644. The Bertz CT molecular complexity index is 801. The van der Waals surface area contributed by atoms with E-state index in [0.29, 0.717) is 11.8 Å². The molecule has 2 aromatic carbocycles. The number of likely N-dealkylation sites (N-methyl/N-ethyl adjacent to an activating group) is 1. The number of carbonyl (C=O) groups excluding carboxylic acids is 1. The molecular weight excluding hydrogens is 355 g/mol. The fourth-order valence-corrected chi connectivity index (χ4v) is 2.85. The van der Waals surface area contributed by atoms with Gasteiger partial charge in [-0.05, 0) is 37.1 Å². The summed E-state index contributed by atoms with van der Waals surface area (Å²) in [6.45, 7) is 3.78. The molecule has 0 saturated carbocycles. The van der Waals surface area contributed by atoms with E-state index < -0.39 is 23.7 Å². The smallest absolute Gasteiger partial charge is 0.417 e. The molecule has 0 aliphatic rings. The van der Waals surface area contributed by atoms with Crippen LogP contribution in [0.25, 0.3) is 5.57 Å². The fraction of sp³-hybridized carbons (Fsp3) is 0.286. The molecular formula is C21H22F3NO2. The number of ether oxygens (including phenoxy) is 1. The minimum absolute atomic E-state index is 0.0385. The molecule has 0 N–H and O–H groups in total. The molecule has 2 aromatic rings. The normalized spacial score (nSPS) is 13.2. The summed E-state index contributed by atoms with van der Waals surface area (Å²) in [5.41, 5.74) is -0.209. The van der Waals surface area contributed by atoms with Crippen molar-refractivity contribution in [3.8, 4) is 5.75 Å². The summed E-state index contributed by atoms with van der Waals surface area (Å²) in [6, 6.07) is 14.1. The predicted molar refractivity (Wildman–Crippen MR) is 99.3 cm³/mol. The number of halogens is 3. The number of hydrogen-bond acceptors (Lipinski definition) is 2. The summed E-state index contributed by atoms with van der Waals surface area (Å²) >= 11 is 0. The number of carbonyl (C=O) groups is 1. The van der Waals surface area contributed by atoms with Crippen LogP contribution < -0.4 is 4.74 Å². The van der Waals surface area contributed by atoms with Crippen molar-refractivity contribution in [2.45, 2.75) is 26.1 Å². The van der Waals surface area contributed by atoms with Crippen LogP contribution in [0.2, 0.25) is 0 Å². The van der Waals surface area contributed by atoms with Crippen molar-refractivity contribution in [1.82, 2.24) is 4.90 Å². The summed E-state index contributed by atoms with van der Waals surface area (Å²) < 4.78 is 45.7. The number of nitrogens with zero attached hydrogens (tertiary/aromatic N) is 1. The number of rotatable bonds is 6. The SMILES string of the molecule is CCN(C(=O)/C=C(/c1ccccc1)C(F)(F)F)C(C)c1cccc(OC)c1. The minimum Gasteiger partial charge on any atom is -0.497 e. The van der Waals surface area contributed by atoms with Gasteiger partial charge in [0.25, 0.3) is 0 Å². The number of benzene rings is 2. The van der Waals surface area contributed by atoms with Gasteiger partial charge in [-0.2, -0.15) is 13.2 Å². The van der Waals surface area contributed by atoms with Crippen LogP contribution >= 0.6 is 0 Å². The highest BCUT2D eigenvalue weighted by atomic mass is 19.4. The Kier molecular flexibility index (Phi) is 6.66. The van der Waals surface area contributed by atoms with E-state index >= 15 is 0 Å². The van der Waals surface area contributed by atoms with Crippen LogP contribution in [0.5, 0.6) is 5.75 Å². The van der Waals surface area contributed by atoms with Crippen LogP contribution in [0.1, 0.15) is 31.0 Å². The van der Waals surface area contributed by atoms with Crippen molar-refractivity contribution in [2.24, 2.45) is 0 Å². The molecule has 6 heteroatoms. The van der Waals surface area contributed by atoms with Gasteiger partial charge in [0.2, 0.25) is 5.91 Å². The topological polar surface area (TPSA) is 29.5 Å². The standard InChI is InChI=1S/C21H22F3NO2/c1-4-25(15(2)17-11-8-12-18(13-17)27-3)20(26)14-19(21(22,23)24)16-9-6-5-7-10-16/h5-15H,4H2,1-3H3/b19-14-. The van der Waals surface area contributed by atoms with E-state index in [1.54, 1.807) is 38.1 Å². The van der Waals surface area contributed by atoms with E-state index in [0.717, 1.165) is 5.56 Å². The number of hydrogen-bond donors (Lipinski definition) is 0. The molecule has 144 valence electrons. The maximum absolute atomic E-state index is 13.5. The van der Waals surface area contributed by atoms with E-state index in [-0.39, 0.29) is 12.1 Å². The molecule has 0 spiro atoms. The summed E-state index contributed by atoms with van der Waals surface area (Å²) in [7, 11) is 1.53. The highest BCUT2D eigenvalue weighted by Crippen LogP contribution is 2.34. The van der Waals surface area contributed by atoms with Crippen molar-refractivity contribution < 1.29 is 22.7 Å². The van der Waals surface area contributed by atoms with Gasteiger partial charge in [0, 0.05) is 12.6 Å². The molecule has 0 radical (unpaired) electrons. The summed E-state index contributed by atoms with van der Waals surface area (Å²) in [5.74, 6) is -0.0670. The highest BCUT2D eigenvalue weighted by molar-refractivity contribution is 5.96. The van der Waals surface area contributed by atoms with Gasteiger partial charge in [-0.15, -0.1) is 0 Å². The largest absolute Gasteiger partial charge is 0.497 e. The van der Waals surface area contributed by atoms with Crippen LogP contribution in [-0.2, 0) is 4.79 Å². The van der Waals surface area contributed by atoms with Gasteiger partial charge in [0.05, 0.1) is 18.7 Å². The number of alkyl halides is 3. The van der Waals surface area contributed by atoms with E-state index in [1.165, 1.54) is 36.3 Å². The zero-order valence-corrected chi connectivity index (χ0v) is 15.5. The lowest BCUT2D eigenvalue weighted by Crippen LogP contribution is -2.33. The molecule has 0 aliphatic heterocycles. The monoisotopic (exact) mass is 377 g/mol. The lowest BCUT2D eigenvalue weighted by atomic mass is 10.0. The van der Waals surface area contributed by atoms with Crippen LogP contribution in [0, 0.1) is 0 Å². The molecule has 0 saturated heterocycles. The zero-order chi connectivity index (χ0) is 20.0. The first-order chi connectivity index (χ1) is 12.8. The number of allylic oxidation sites excluding steroid dienone is 1. The lowest BCUT2D eigenvalue weighted by molar-refractivity contribution is -0.128. The van der Waals surface area contributed by atoms with Crippen LogP contribution in [0.3, 0.4) is 0 Å². The molecule has 0 fully saturated rings. The first-order valence-electron chi connectivity index (χ1n) is 8.56. The highest BCUT2D eigenvalue weighted by Gasteiger charge is 2.36. The van der Waals surface area contributed by atoms with Crippen molar-refractivity contribution in [3.63, 3.8) is 0 Å². The second kappa shape index (κ2) is 8.75. The van der Waals surface area contributed by atoms with Gasteiger partial charge in [-0.3, -0.25) is 4.79 Å². The molecule has 1 amide bonds. The first kappa shape index (κ1) is 20.6. The summed E-state index contributed by atoms with van der Waals surface area (Å²) in [6.07, 6.45) is -3.95. The summed E-state index contributed by atoms with van der Waals surface area (Å²) in [5, 5.41) is 0. The molecule has 0 aliphatic carbocycles. The van der Waals surface area contributed by atoms with Gasteiger partial charge < -0.3 is 9.64 Å². The molecule has 3 nitrogen and oxygen atoms in total. The Morgan fingerprint density at radius 3 is 2.37 bits per heavy atom. The Hall–Kier alpha value is -2.76. The molecule has 0 aromatic heterocycles. The van der Waals surface area contributed by atoms with Crippen molar-refractivity contribution in [1.29, 1.82) is 0 Å². The average Bonchev–Trinajstić information content (AvgIpc) is 2.66. The first-order valence-corrected chi connectivity index (χ1v) is 8.56. The summed E-state index contributed by atoms with van der Waals surface area (Å²) in [4.78, 5) is 14.1. The molecule has 0 heterocycles. The average molecular weight is 377 g/mol. The fourth-order valence-electron chi connectivity index (χ4n) is 2.85. The van der Waals surface area contributed by atoms with Gasteiger partial charge in [0.1, 0.15) is 5.75 Å². The van der Waals surface area contributed by atoms with Crippen molar-refractivity contribution in [3.05, 3.63) is 71.8 Å². The Balaban J connectivity index is 2.37. The minimum atomic E-state index is -4.63. The third-order valence-electron chi connectivity index (χ3n) is 4.33. The lowest BCUT2D eigenvalue weighted by Gasteiger charge is -2.28.